The number of hydrogen-bond acceptors (Lipinski definition) is 5. The van der Waals surface area contributed by atoms with Crippen molar-refractivity contribution in [3.05, 3.63) is 62.6 Å². The summed E-state index contributed by atoms with van der Waals surface area (Å²) < 4.78 is 5.72. The number of carbonyl (C=O) groups excluding carboxylic acids is 1. The van der Waals surface area contributed by atoms with Crippen LogP contribution in [0.15, 0.2) is 36.4 Å². The van der Waals surface area contributed by atoms with Crippen molar-refractivity contribution in [2.24, 2.45) is 0 Å². The molecule has 2 N–H and O–H groups in total. The van der Waals surface area contributed by atoms with Gasteiger partial charge in [0, 0.05) is 5.02 Å². The maximum atomic E-state index is 12.1. The maximum Gasteiger partial charge on any atom is 0.325 e. The highest BCUT2D eigenvalue weighted by Crippen LogP contribution is 2.26. The number of rotatable bonds is 5. The van der Waals surface area contributed by atoms with E-state index in [2.05, 4.69) is 20.8 Å². The van der Waals surface area contributed by atoms with Crippen LogP contribution in [0.2, 0.25) is 10.0 Å². The van der Waals surface area contributed by atoms with E-state index in [1.807, 2.05) is 32.0 Å². The SMILES string of the molecule is Cc1ccc(OCc2nnc(NC(=O)Nc3ccc(Cl)cc3Cl)s2)cc1C. The van der Waals surface area contributed by atoms with E-state index >= 15 is 0 Å². The Morgan fingerprint density at radius 2 is 1.89 bits per heavy atom. The molecule has 0 fully saturated rings. The summed E-state index contributed by atoms with van der Waals surface area (Å²) in [6.07, 6.45) is 0. The predicted octanol–water partition coefficient (Wildman–Crippen LogP) is 5.68. The van der Waals surface area contributed by atoms with E-state index in [-0.39, 0.29) is 6.61 Å². The smallest absolute Gasteiger partial charge is 0.325 e. The van der Waals surface area contributed by atoms with Crippen molar-refractivity contribution in [1.29, 1.82) is 0 Å². The Kier molecular flexibility index (Phi) is 6.15. The van der Waals surface area contributed by atoms with Crippen molar-refractivity contribution in [1.82, 2.24) is 10.2 Å². The zero-order chi connectivity index (χ0) is 19.4. The molecule has 1 heterocycles. The van der Waals surface area contributed by atoms with E-state index in [4.69, 9.17) is 27.9 Å². The molecule has 3 rings (SSSR count). The van der Waals surface area contributed by atoms with E-state index in [0.29, 0.717) is 25.9 Å². The van der Waals surface area contributed by atoms with Crippen molar-refractivity contribution in [3.8, 4) is 5.75 Å². The van der Waals surface area contributed by atoms with Gasteiger partial charge in [0.15, 0.2) is 5.01 Å². The summed E-state index contributed by atoms with van der Waals surface area (Å²) in [7, 11) is 0. The summed E-state index contributed by atoms with van der Waals surface area (Å²) in [4.78, 5) is 12.1. The minimum atomic E-state index is -0.475. The first kappa shape index (κ1) is 19.4. The first-order valence-electron chi connectivity index (χ1n) is 7.96. The number of nitrogens with one attached hydrogen (secondary N) is 2. The number of carbonyl (C=O) groups is 1. The molecule has 0 aliphatic rings. The Hall–Kier alpha value is -2.35. The average Bonchev–Trinajstić information content (AvgIpc) is 3.06. The van der Waals surface area contributed by atoms with Crippen LogP contribution < -0.4 is 15.4 Å². The number of urea groups is 1. The highest BCUT2D eigenvalue weighted by Gasteiger charge is 2.11. The van der Waals surface area contributed by atoms with Gasteiger partial charge in [0.1, 0.15) is 12.4 Å². The van der Waals surface area contributed by atoms with Gasteiger partial charge < -0.3 is 10.1 Å². The van der Waals surface area contributed by atoms with Crippen LogP contribution in [0.3, 0.4) is 0 Å². The molecular weight excluding hydrogens is 407 g/mol. The third-order valence-corrected chi connectivity index (χ3v) is 5.07. The van der Waals surface area contributed by atoms with Crippen LogP contribution in [0.4, 0.5) is 15.6 Å². The third-order valence-electron chi connectivity index (χ3n) is 3.71. The average molecular weight is 423 g/mol. The van der Waals surface area contributed by atoms with Crippen molar-refractivity contribution in [2.75, 3.05) is 10.6 Å². The van der Waals surface area contributed by atoms with Crippen LogP contribution in [-0.4, -0.2) is 16.2 Å². The van der Waals surface area contributed by atoms with Gasteiger partial charge in [0.25, 0.3) is 0 Å². The molecule has 0 saturated heterocycles. The molecule has 1 aromatic heterocycles. The number of nitrogens with zero attached hydrogens (tertiary/aromatic N) is 2. The highest BCUT2D eigenvalue weighted by molar-refractivity contribution is 7.15. The largest absolute Gasteiger partial charge is 0.486 e. The molecule has 0 unspecified atom stereocenters. The van der Waals surface area contributed by atoms with Gasteiger partial charge in [-0.05, 0) is 55.3 Å². The number of benzene rings is 2. The standard InChI is InChI=1S/C18H16Cl2N4O2S/c1-10-3-5-13(7-11(10)2)26-9-16-23-24-18(27-16)22-17(25)21-15-6-4-12(19)8-14(15)20/h3-8H,9H2,1-2H3,(H2,21,22,24,25). The predicted molar refractivity (Wildman–Crippen MR) is 109 cm³/mol. The van der Waals surface area contributed by atoms with E-state index in [1.165, 1.54) is 16.9 Å². The molecular formula is C18H16Cl2N4O2S. The molecule has 0 spiro atoms. The van der Waals surface area contributed by atoms with Crippen LogP contribution in [-0.2, 0) is 6.61 Å². The summed E-state index contributed by atoms with van der Waals surface area (Å²) in [6, 6.07) is 10.2. The summed E-state index contributed by atoms with van der Waals surface area (Å²) in [5, 5.41) is 15.0. The van der Waals surface area contributed by atoms with Crippen LogP contribution in [0.1, 0.15) is 16.1 Å². The molecule has 2 amide bonds. The van der Waals surface area contributed by atoms with Crippen LogP contribution in [0, 0.1) is 13.8 Å². The van der Waals surface area contributed by atoms with Crippen LogP contribution in [0.25, 0.3) is 0 Å². The lowest BCUT2D eigenvalue weighted by Gasteiger charge is -2.07. The fourth-order valence-corrected chi connectivity index (χ4v) is 3.26. The van der Waals surface area contributed by atoms with Gasteiger partial charge in [-0.3, -0.25) is 5.32 Å². The molecule has 140 valence electrons. The summed E-state index contributed by atoms with van der Waals surface area (Å²) in [5.74, 6) is 0.762. The van der Waals surface area contributed by atoms with Gasteiger partial charge in [-0.2, -0.15) is 0 Å². The van der Waals surface area contributed by atoms with Gasteiger partial charge in [-0.25, -0.2) is 4.79 Å². The highest BCUT2D eigenvalue weighted by atomic mass is 35.5. The first-order valence-corrected chi connectivity index (χ1v) is 9.53. The number of aryl methyl sites for hydroxylation is 2. The maximum absolute atomic E-state index is 12.1. The molecule has 2 aromatic carbocycles. The topological polar surface area (TPSA) is 76.1 Å². The zero-order valence-electron chi connectivity index (χ0n) is 14.5. The van der Waals surface area contributed by atoms with Gasteiger partial charge in [0.05, 0.1) is 10.7 Å². The fraction of sp³-hybridized carbons (Fsp3) is 0.167. The second-order valence-electron chi connectivity index (χ2n) is 5.74. The Bertz CT molecular complexity index is 978. The molecule has 0 bridgehead atoms. The Morgan fingerprint density at radius 1 is 1.07 bits per heavy atom. The first-order chi connectivity index (χ1) is 12.9. The monoisotopic (exact) mass is 422 g/mol. The van der Waals surface area contributed by atoms with Crippen LogP contribution in [0.5, 0.6) is 5.75 Å². The second kappa shape index (κ2) is 8.56. The molecule has 0 atom stereocenters. The molecule has 9 heteroatoms. The number of ether oxygens (including phenoxy) is 1. The normalized spacial score (nSPS) is 10.5. The van der Waals surface area contributed by atoms with E-state index < -0.39 is 6.03 Å². The minimum absolute atomic E-state index is 0.270. The van der Waals surface area contributed by atoms with Crippen molar-refractivity contribution in [2.45, 2.75) is 20.5 Å². The summed E-state index contributed by atoms with van der Waals surface area (Å²) in [6.45, 7) is 4.34. The Morgan fingerprint density at radius 3 is 2.63 bits per heavy atom. The van der Waals surface area contributed by atoms with Gasteiger partial charge in [0.2, 0.25) is 5.13 Å². The number of halogens is 2. The summed E-state index contributed by atoms with van der Waals surface area (Å²) in [5.41, 5.74) is 2.81. The summed E-state index contributed by atoms with van der Waals surface area (Å²) >= 11 is 13.1. The number of amides is 2. The quantitative estimate of drug-likeness (QED) is 0.553. The molecule has 6 nitrogen and oxygen atoms in total. The number of anilines is 2. The van der Waals surface area contributed by atoms with Gasteiger partial charge >= 0.3 is 6.03 Å². The van der Waals surface area contributed by atoms with Crippen molar-refractivity contribution in [3.63, 3.8) is 0 Å². The van der Waals surface area contributed by atoms with Gasteiger partial charge in [-0.15, -0.1) is 10.2 Å². The third kappa shape index (κ3) is 5.32. The molecule has 0 saturated carbocycles. The van der Waals surface area contributed by atoms with E-state index in [1.54, 1.807) is 18.2 Å². The van der Waals surface area contributed by atoms with Crippen molar-refractivity contribution < 1.29 is 9.53 Å². The minimum Gasteiger partial charge on any atom is -0.486 e. The van der Waals surface area contributed by atoms with Crippen LogP contribution >= 0.6 is 34.5 Å². The molecule has 0 aliphatic carbocycles. The Balaban J connectivity index is 1.55. The zero-order valence-corrected chi connectivity index (χ0v) is 16.9. The lowest BCUT2D eigenvalue weighted by atomic mass is 10.1. The molecule has 0 aliphatic heterocycles. The fourth-order valence-electron chi connectivity index (χ4n) is 2.15. The molecule has 0 radical (unpaired) electrons. The molecule has 27 heavy (non-hydrogen) atoms. The van der Waals surface area contributed by atoms with E-state index in [9.17, 15) is 4.79 Å². The second-order valence-corrected chi connectivity index (χ2v) is 7.64. The number of hydrogen-bond donors (Lipinski definition) is 2. The lowest BCUT2D eigenvalue weighted by molar-refractivity contribution is 0.262. The van der Waals surface area contributed by atoms with Crippen molar-refractivity contribution >= 4 is 51.4 Å². The van der Waals surface area contributed by atoms with Gasteiger partial charge in [-0.1, -0.05) is 40.6 Å². The lowest BCUT2D eigenvalue weighted by Crippen LogP contribution is -2.19. The number of aromatic nitrogens is 2. The Labute approximate surface area is 170 Å². The van der Waals surface area contributed by atoms with E-state index in [0.717, 1.165) is 11.3 Å². The molecule has 3 aromatic rings.